The summed E-state index contributed by atoms with van der Waals surface area (Å²) in [5.74, 6) is -0.730. The average Bonchev–Trinajstić information content (AvgIpc) is 2.34. The number of benzene rings is 1. The molecule has 0 bridgehead atoms. The molecule has 2 amide bonds. The zero-order valence-corrected chi connectivity index (χ0v) is 13.1. The second-order valence-corrected chi connectivity index (χ2v) is 5.48. The Labute approximate surface area is 126 Å². The van der Waals surface area contributed by atoms with Crippen LogP contribution in [0, 0.1) is 0 Å². The van der Waals surface area contributed by atoms with Gasteiger partial charge in [-0.3, -0.25) is 20.4 Å². The minimum atomic E-state index is -0.417. The third-order valence-corrected chi connectivity index (χ3v) is 2.79. The van der Waals surface area contributed by atoms with Crippen molar-refractivity contribution in [3.8, 4) is 0 Å². The molecule has 0 saturated carbocycles. The lowest BCUT2D eigenvalue weighted by molar-refractivity contribution is -0.129. The van der Waals surface area contributed by atoms with E-state index < -0.39 is 5.91 Å². The molecule has 0 fully saturated rings. The van der Waals surface area contributed by atoms with Crippen molar-refractivity contribution in [3.05, 3.63) is 40.9 Å². The molecule has 20 heavy (non-hydrogen) atoms. The smallest absolute Gasteiger partial charge is 0.247 e. The van der Waals surface area contributed by atoms with Gasteiger partial charge in [-0.25, -0.2) is 0 Å². The Morgan fingerprint density at radius 2 is 1.95 bits per heavy atom. The number of rotatable bonds is 6. The molecule has 0 aliphatic rings. The first-order valence-corrected chi connectivity index (χ1v) is 6.97. The van der Waals surface area contributed by atoms with Crippen molar-refractivity contribution in [1.29, 1.82) is 0 Å². The first kappa shape index (κ1) is 16.2. The topological polar surface area (TPSA) is 70.2 Å². The minimum absolute atomic E-state index is 0.0138. The Hall–Kier alpha value is -1.82. The Balaban J connectivity index is 2.41. The second-order valence-electron chi connectivity index (χ2n) is 4.56. The fraction of sp³-hybridized carbons (Fsp3) is 0.286. The Morgan fingerprint density at radius 3 is 2.55 bits per heavy atom. The number of amides is 2. The number of carbonyl (C=O) groups excluding carboxylic acids is 2. The number of hydrogen-bond donors (Lipinski definition) is 3. The van der Waals surface area contributed by atoms with Crippen molar-refractivity contribution in [2.45, 2.75) is 26.3 Å². The number of nitrogens with one attached hydrogen (secondary N) is 3. The molecule has 1 aromatic rings. The number of halogens is 1. The van der Waals surface area contributed by atoms with Crippen LogP contribution in [0.15, 0.2) is 35.3 Å². The first-order valence-electron chi connectivity index (χ1n) is 6.17. The molecule has 0 saturated heterocycles. The summed E-state index contributed by atoms with van der Waals surface area (Å²) in [5, 5.41) is 2.64. The van der Waals surface area contributed by atoms with Crippen LogP contribution < -0.4 is 16.2 Å². The van der Waals surface area contributed by atoms with Crippen LogP contribution in [0.2, 0.25) is 0 Å². The molecule has 0 heterocycles. The summed E-state index contributed by atoms with van der Waals surface area (Å²) in [6, 6.07) is 7.50. The van der Waals surface area contributed by atoms with Gasteiger partial charge in [-0.1, -0.05) is 34.6 Å². The molecule has 5 nitrogen and oxygen atoms in total. The van der Waals surface area contributed by atoms with Crippen LogP contribution in [0.1, 0.15) is 25.8 Å². The molecule has 0 unspecified atom stereocenters. The lowest BCUT2D eigenvalue weighted by atomic mass is 10.2. The van der Waals surface area contributed by atoms with Crippen molar-refractivity contribution < 1.29 is 9.59 Å². The van der Waals surface area contributed by atoms with Crippen molar-refractivity contribution in [2.75, 3.05) is 0 Å². The van der Waals surface area contributed by atoms with Gasteiger partial charge in [0.2, 0.25) is 11.8 Å². The summed E-state index contributed by atoms with van der Waals surface area (Å²) >= 11 is 3.36. The lowest BCUT2D eigenvalue weighted by Crippen LogP contribution is -2.40. The van der Waals surface area contributed by atoms with Gasteiger partial charge in [-0.2, -0.15) is 0 Å². The summed E-state index contributed by atoms with van der Waals surface area (Å²) in [6.45, 7) is 7.49. The molecule has 1 aromatic carbocycles. The van der Waals surface area contributed by atoms with E-state index in [1.165, 1.54) is 0 Å². The van der Waals surface area contributed by atoms with E-state index in [0.29, 0.717) is 5.70 Å². The fourth-order valence-corrected chi connectivity index (χ4v) is 1.86. The van der Waals surface area contributed by atoms with Gasteiger partial charge in [0, 0.05) is 10.5 Å². The van der Waals surface area contributed by atoms with Gasteiger partial charge in [0.05, 0.1) is 5.70 Å². The van der Waals surface area contributed by atoms with Gasteiger partial charge in [0.1, 0.15) is 6.42 Å². The highest BCUT2D eigenvalue weighted by atomic mass is 79.9. The zero-order valence-electron chi connectivity index (χ0n) is 11.5. The van der Waals surface area contributed by atoms with Crippen molar-refractivity contribution in [2.24, 2.45) is 0 Å². The molecule has 0 spiro atoms. The number of hydrazine groups is 1. The molecule has 3 N–H and O–H groups in total. The Morgan fingerprint density at radius 1 is 1.25 bits per heavy atom. The third-order valence-electron chi connectivity index (χ3n) is 2.30. The van der Waals surface area contributed by atoms with E-state index in [9.17, 15) is 9.59 Å². The van der Waals surface area contributed by atoms with E-state index in [1.54, 1.807) is 0 Å². The van der Waals surface area contributed by atoms with Crippen LogP contribution >= 0.6 is 15.9 Å². The second kappa shape index (κ2) is 7.69. The molecule has 0 aliphatic heterocycles. The highest BCUT2D eigenvalue weighted by Crippen LogP contribution is 2.15. The van der Waals surface area contributed by atoms with Crippen molar-refractivity contribution in [1.82, 2.24) is 16.2 Å². The molecule has 0 radical (unpaired) electrons. The van der Waals surface area contributed by atoms with E-state index in [-0.39, 0.29) is 18.4 Å². The normalized spacial score (nSPS) is 10.0. The Kier molecular flexibility index (Phi) is 6.24. The summed E-state index contributed by atoms with van der Waals surface area (Å²) < 4.78 is 0.917. The quantitative estimate of drug-likeness (QED) is 0.548. The van der Waals surface area contributed by atoms with Gasteiger partial charge in [-0.15, -0.1) is 0 Å². The van der Waals surface area contributed by atoms with E-state index in [4.69, 9.17) is 0 Å². The molecular weight excluding hydrogens is 322 g/mol. The van der Waals surface area contributed by atoms with Gasteiger partial charge < -0.3 is 5.32 Å². The average molecular weight is 340 g/mol. The van der Waals surface area contributed by atoms with Crippen molar-refractivity contribution in [3.63, 3.8) is 0 Å². The van der Waals surface area contributed by atoms with Crippen LogP contribution in [-0.2, 0) is 9.59 Å². The minimum Gasteiger partial charge on any atom is -0.353 e. The number of hydrogen-bond acceptors (Lipinski definition) is 3. The Bertz CT molecular complexity index is 515. The zero-order chi connectivity index (χ0) is 15.1. The fourth-order valence-electron chi connectivity index (χ4n) is 1.46. The standard InChI is InChI=1S/C14H18BrN3O2/c1-9(2)16-13(19)8-14(20)18-17-10(3)11-5-4-6-12(15)7-11/h4-7,9,17H,3,8H2,1-2H3,(H,16,19)(H,18,20). The van der Waals surface area contributed by atoms with Gasteiger partial charge in [0.25, 0.3) is 0 Å². The highest BCUT2D eigenvalue weighted by Gasteiger charge is 2.10. The molecule has 0 atom stereocenters. The van der Waals surface area contributed by atoms with Gasteiger partial charge in [-0.05, 0) is 31.5 Å². The summed E-state index contributed by atoms with van der Waals surface area (Å²) in [4.78, 5) is 22.9. The van der Waals surface area contributed by atoms with Crippen LogP contribution in [0.3, 0.4) is 0 Å². The first-order chi connectivity index (χ1) is 9.38. The molecule has 0 aliphatic carbocycles. The predicted octanol–water partition coefficient (Wildman–Crippen LogP) is 1.96. The van der Waals surface area contributed by atoms with Crippen LogP contribution in [0.25, 0.3) is 5.70 Å². The number of carbonyl (C=O) groups is 2. The largest absolute Gasteiger partial charge is 0.353 e. The SMILES string of the molecule is C=C(NNC(=O)CC(=O)NC(C)C)c1cccc(Br)c1. The van der Waals surface area contributed by atoms with E-state index >= 15 is 0 Å². The lowest BCUT2D eigenvalue weighted by Gasteiger charge is -2.12. The molecule has 0 aromatic heterocycles. The summed E-state index contributed by atoms with van der Waals surface area (Å²) in [7, 11) is 0. The molecule has 6 heteroatoms. The maximum absolute atomic E-state index is 11.6. The highest BCUT2D eigenvalue weighted by molar-refractivity contribution is 9.10. The molecular formula is C14H18BrN3O2. The maximum atomic E-state index is 11.6. The van der Waals surface area contributed by atoms with Crippen LogP contribution in [0.5, 0.6) is 0 Å². The van der Waals surface area contributed by atoms with Gasteiger partial charge in [0.15, 0.2) is 0 Å². The van der Waals surface area contributed by atoms with E-state index in [0.717, 1.165) is 10.0 Å². The maximum Gasteiger partial charge on any atom is 0.247 e. The summed E-state index contributed by atoms with van der Waals surface area (Å²) in [5.41, 5.74) is 6.51. The van der Waals surface area contributed by atoms with E-state index in [2.05, 4.69) is 38.7 Å². The van der Waals surface area contributed by atoms with Crippen molar-refractivity contribution >= 4 is 33.4 Å². The van der Waals surface area contributed by atoms with Crippen LogP contribution in [-0.4, -0.2) is 17.9 Å². The molecule has 1 rings (SSSR count). The predicted molar refractivity (Wildman–Crippen MR) is 82.4 cm³/mol. The van der Waals surface area contributed by atoms with Crippen LogP contribution in [0.4, 0.5) is 0 Å². The monoisotopic (exact) mass is 339 g/mol. The molecule has 108 valence electrons. The summed E-state index contributed by atoms with van der Waals surface area (Å²) in [6.07, 6.45) is -0.225. The van der Waals surface area contributed by atoms with Gasteiger partial charge >= 0.3 is 0 Å². The third kappa shape index (κ3) is 5.88. The van der Waals surface area contributed by atoms with E-state index in [1.807, 2.05) is 38.1 Å².